The Balaban J connectivity index is 2.12. The molecule has 0 fully saturated rings. The van der Waals surface area contributed by atoms with E-state index in [4.69, 9.17) is 9.47 Å². The average Bonchev–Trinajstić information content (AvgIpc) is 2.53. The maximum atomic E-state index is 9.25. The van der Waals surface area contributed by atoms with E-state index in [9.17, 15) is 5.26 Å². The van der Waals surface area contributed by atoms with E-state index in [0.717, 1.165) is 17.0 Å². The van der Waals surface area contributed by atoms with Gasteiger partial charge in [-0.2, -0.15) is 5.26 Å². The van der Waals surface area contributed by atoms with E-state index in [0.29, 0.717) is 17.9 Å². The smallest absolute Gasteiger partial charge is 0.137 e. The molecule has 0 saturated heterocycles. The van der Waals surface area contributed by atoms with Crippen LogP contribution in [0, 0.1) is 11.3 Å². The highest BCUT2D eigenvalue weighted by Crippen LogP contribution is 2.24. The maximum Gasteiger partial charge on any atom is 0.137 e. The van der Waals surface area contributed by atoms with Crippen LogP contribution in [0.2, 0.25) is 0 Å². The van der Waals surface area contributed by atoms with E-state index in [1.54, 1.807) is 13.2 Å². The third kappa shape index (κ3) is 3.92. The van der Waals surface area contributed by atoms with E-state index in [1.165, 1.54) is 0 Å². The van der Waals surface area contributed by atoms with Crippen molar-refractivity contribution < 1.29 is 9.47 Å². The molecule has 114 valence electrons. The van der Waals surface area contributed by atoms with Crippen LogP contribution in [0.3, 0.4) is 0 Å². The highest BCUT2D eigenvalue weighted by Gasteiger charge is 2.07. The van der Waals surface area contributed by atoms with Crippen LogP contribution in [-0.4, -0.2) is 13.2 Å². The minimum absolute atomic E-state index is 0.0412. The van der Waals surface area contributed by atoms with Gasteiger partial charge >= 0.3 is 0 Å². The van der Waals surface area contributed by atoms with E-state index in [2.05, 4.69) is 11.4 Å². The molecule has 0 unspecified atom stereocenters. The van der Waals surface area contributed by atoms with Crippen molar-refractivity contribution in [3.05, 3.63) is 53.6 Å². The summed E-state index contributed by atoms with van der Waals surface area (Å²) in [5.41, 5.74) is 2.46. The Morgan fingerprint density at radius 1 is 1.14 bits per heavy atom. The zero-order valence-electron chi connectivity index (χ0n) is 13.1. The molecule has 2 rings (SSSR count). The zero-order chi connectivity index (χ0) is 15.9. The fourth-order valence-corrected chi connectivity index (χ4v) is 2.13. The molecule has 0 atom stereocenters. The van der Waals surface area contributed by atoms with Crippen molar-refractivity contribution in [2.24, 2.45) is 0 Å². The zero-order valence-corrected chi connectivity index (χ0v) is 13.1. The summed E-state index contributed by atoms with van der Waals surface area (Å²) in [5.74, 6) is 1.45. The molecule has 4 nitrogen and oxygen atoms in total. The molecule has 0 aromatic heterocycles. The van der Waals surface area contributed by atoms with Crippen LogP contribution in [0.15, 0.2) is 42.5 Å². The van der Waals surface area contributed by atoms with Crippen molar-refractivity contribution in [2.45, 2.75) is 26.5 Å². The van der Waals surface area contributed by atoms with Crippen molar-refractivity contribution in [1.82, 2.24) is 0 Å². The molecule has 0 amide bonds. The van der Waals surface area contributed by atoms with Crippen molar-refractivity contribution in [2.75, 3.05) is 12.4 Å². The first-order valence-corrected chi connectivity index (χ1v) is 7.20. The summed E-state index contributed by atoms with van der Waals surface area (Å²) in [6.07, 6.45) is 0.0412. The molecular weight excluding hydrogens is 276 g/mol. The molecule has 0 radical (unpaired) electrons. The molecule has 0 aliphatic heterocycles. The fourth-order valence-electron chi connectivity index (χ4n) is 2.13. The van der Waals surface area contributed by atoms with Gasteiger partial charge in [0.1, 0.15) is 17.6 Å². The summed E-state index contributed by atoms with van der Waals surface area (Å²) in [7, 11) is 1.66. The molecule has 2 aromatic rings. The van der Waals surface area contributed by atoms with Gasteiger partial charge in [0.05, 0.1) is 18.8 Å². The second-order valence-corrected chi connectivity index (χ2v) is 5.15. The van der Waals surface area contributed by atoms with Crippen LogP contribution in [0.1, 0.15) is 25.0 Å². The number of para-hydroxylation sites is 1. The second kappa shape index (κ2) is 7.37. The number of methoxy groups -OCH3 is 1. The van der Waals surface area contributed by atoms with Gasteiger partial charge < -0.3 is 14.8 Å². The Morgan fingerprint density at radius 2 is 1.91 bits per heavy atom. The molecule has 4 heteroatoms. The molecule has 0 aliphatic carbocycles. The number of nitriles is 1. The minimum atomic E-state index is 0.0412. The number of benzene rings is 2. The predicted octanol–water partition coefficient (Wildman–Crippen LogP) is 3.97. The molecule has 0 heterocycles. The summed E-state index contributed by atoms with van der Waals surface area (Å²) in [6, 6.07) is 15.6. The SMILES string of the molecule is COc1ccccc1CNc1ccc(OC(C)C)c(C#N)c1. The Morgan fingerprint density at radius 3 is 2.59 bits per heavy atom. The normalized spacial score (nSPS) is 10.1. The van der Waals surface area contributed by atoms with Crippen molar-refractivity contribution in [3.8, 4) is 17.6 Å². The number of ether oxygens (including phenoxy) is 2. The predicted molar refractivity (Wildman–Crippen MR) is 87.2 cm³/mol. The third-order valence-corrected chi connectivity index (χ3v) is 3.14. The molecule has 0 bridgehead atoms. The maximum absolute atomic E-state index is 9.25. The van der Waals surface area contributed by atoms with Gasteiger partial charge in [-0.05, 0) is 38.1 Å². The van der Waals surface area contributed by atoms with Gasteiger partial charge in [0, 0.05) is 17.8 Å². The van der Waals surface area contributed by atoms with Gasteiger partial charge in [0.15, 0.2) is 0 Å². The molecule has 0 aliphatic rings. The van der Waals surface area contributed by atoms with E-state index in [1.807, 2.05) is 50.2 Å². The van der Waals surface area contributed by atoms with E-state index < -0.39 is 0 Å². The first-order chi connectivity index (χ1) is 10.6. The van der Waals surface area contributed by atoms with E-state index >= 15 is 0 Å². The lowest BCUT2D eigenvalue weighted by Crippen LogP contribution is -2.07. The standard InChI is InChI=1S/C18H20N2O2/c1-13(2)22-18-9-8-16(10-15(18)11-19)20-12-14-6-4-5-7-17(14)21-3/h4-10,13,20H,12H2,1-3H3. The molecule has 0 saturated carbocycles. The summed E-state index contributed by atoms with van der Waals surface area (Å²) in [4.78, 5) is 0. The number of nitrogens with zero attached hydrogens (tertiary/aromatic N) is 1. The topological polar surface area (TPSA) is 54.3 Å². The van der Waals surface area contributed by atoms with Crippen molar-refractivity contribution in [1.29, 1.82) is 5.26 Å². The van der Waals surface area contributed by atoms with Gasteiger partial charge in [0.2, 0.25) is 0 Å². The van der Waals surface area contributed by atoms with Crippen LogP contribution in [0.25, 0.3) is 0 Å². The number of hydrogen-bond acceptors (Lipinski definition) is 4. The fraction of sp³-hybridized carbons (Fsp3) is 0.278. The molecule has 2 aromatic carbocycles. The Labute approximate surface area is 131 Å². The lowest BCUT2D eigenvalue weighted by Gasteiger charge is -2.14. The third-order valence-electron chi connectivity index (χ3n) is 3.14. The van der Waals surface area contributed by atoms with Gasteiger partial charge in [-0.15, -0.1) is 0 Å². The first kappa shape index (κ1) is 15.7. The summed E-state index contributed by atoms with van der Waals surface area (Å²) in [5, 5.41) is 12.5. The quantitative estimate of drug-likeness (QED) is 0.876. The van der Waals surface area contributed by atoms with Gasteiger partial charge in [-0.3, -0.25) is 0 Å². The van der Waals surface area contributed by atoms with Crippen LogP contribution in [-0.2, 0) is 6.54 Å². The highest BCUT2D eigenvalue weighted by atomic mass is 16.5. The molecule has 22 heavy (non-hydrogen) atoms. The minimum Gasteiger partial charge on any atom is -0.496 e. The lowest BCUT2D eigenvalue weighted by atomic mass is 10.1. The Hall–Kier alpha value is -2.67. The van der Waals surface area contributed by atoms with Crippen molar-refractivity contribution in [3.63, 3.8) is 0 Å². The number of nitrogens with one attached hydrogen (secondary N) is 1. The molecular formula is C18H20N2O2. The van der Waals surface area contributed by atoms with Crippen LogP contribution >= 0.6 is 0 Å². The van der Waals surface area contributed by atoms with Crippen LogP contribution in [0.4, 0.5) is 5.69 Å². The summed E-state index contributed by atoms with van der Waals surface area (Å²) < 4.78 is 10.9. The lowest BCUT2D eigenvalue weighted by molar-refractivity contribution is 0.242. The molecule has 1 N–H and O–H groups in total. The van der Waals surface area contributed by atoms with Gasteiger partial charge in [0.25, 0.3) is 0 Å². The largest absolute Gasteiger partial charge is 0.496 e. The van der Waals surface area contributed by atoms with Gasteiger partial charge in [-0.1, -0.05) is 18.2 Å². The van der Waals surface area contributed by atoms with Crippen LogP contribution < -0.4 is 14.8 Å². The second-order valence-electron chi connectivity index (χ2n) is 5.15. The Kier molecular flexibility index (Phi) is 5.26. The first-order valence-electron chi connectivity index (χ1n) is 7.20. The van der Waals surface area contributed by atoms with Crippen LogP contribution in [0.5, 0.6) is 11.5 Å². The summed E-state index contributed by atoms with van der Waals surface area (Å²) >= 11 is 0. The number of hydrogen-bond donors (Lipinski definition) is 1. The highest BCUT2D eigenvalue weighted by molar-refractivity contribution is 5.56. The molecule has 0 spiro atoms. The van der Waals surface area contributed by atoms with Gasteiger partial charge in [-0.25, -0.2) is 0 Å². The van der Waals surface area contributed by atoms with Crippen molar-refractivity contribution >= 4 is 5.69 Å². The average molecular weight is 296 g/mol. The number of anilines is 1. The summed E-state index contributed by atoms with van der Waals surface area (Å²) in [6.45, 7) is 4.50. The monoisotopic (exact) mass is 296 g/mol. The number of rotatable bonds is 6. The Bertz CT molecular complexity index is 675. The van der Waals surface area contributed by atoms with E-state index in [-0.39, 0.29) is 6.10 Å².